The van der Waals surface area contributed by atoms with Crippen LogP contribution in [0.15, 0.2) is 35.4 Å². The molecule has 0 amide bonds. The Morgan fingerprint density at radius 2 is 2.00 bits per heavy atom. The highest BCUT2D eigenvalue weighted by molar-refractivity contribution is 7.98. The lowest BCUT2D eigenvalue weighted by Crippen LogP contribution is -2.34. The lowest BCUT2D eigenvalue weighted by atomic mass is 10.0. The lowest BCUT2D eigenvalue weighted by Gasteiger charge is -2.20. The average Bonchev–Trinajstić information content (AvgIpc) is 2.67. The Morgan fingerprint density at radius 1 is 1.31 bits per heavy atom. The standard InChI is InChI=1S/C19H22N4O4S2/c1-4-27-17(26)14-10-20-18(21-11(14)2)23-19(28)22-15(9-16(24)25)12-5-7-13(29-3)8-6-12/h5-8,10,15H,4,9H2,1-3H3,(H,24,25)(H2,20,21,22,23,28)/t15-/m0/s1. The molecule has 10 heteroatoms. The van der Waals surface area contributed by atoms with Gasteiger partial charge in [-0.2, -0.15) is 0 Å². The van der Waals surface area contributed by atoms with E-state index in [-0.39, 0.29) is 29.7 Å². The summed E-state index contributed by atoms with van der Waals surface area (Å²) in [6.45, 7) is 3.64. The van der Waals surface area contributed by atoms with Crippen LogP contribution in [0.2, 0.25) is 0 Å². The molecule has 0 saturated heterocycles. The Hall–Kier alpha value is -2.72. The number of aromatic nitrogens is 2. The van der Waals surface area contributed by atoms with E-state index in [9.17, 15) is 14.7 Å². The smallest absolute Gasteiger partial charge is 0.341 e. The van der Waals surface area contributed by atoms with Crippen molar-refractivity contribution in [1.82, 2.24) is 15.3 Å². The number of thioether (sulfide) groups is 1. The summed E-state index contributed by atoms with van der Waals surface area (Å²) in [5.41, 5.74) is 1.51. The van der Waals surface area contributed by atoms with Gasteiger partial charge in [-0.1, -0.05) is 12.1 Å². The minimum absolute atomic E-state index is 0.151. The fraction of sp³-hybridized carbons (Fsp3) is 0.316. The summed E-state index contributed by atoms with van der Waals surface area (Å²) in [5, 5.41) is 15.2. The third kappa shape index (κ3) is 6.68. The second-order valence-electron chi connectivity index (χ2n) is 5.94. The SMILES string of the molecule is CCOC(=O)c1cnc(NC(=S)N[C@@H](CC(=O)O)c2ccc(SC)cc2)nc1C. The van der Waals surface area contributed by atoms with Crippen LogP contribution in [0.4, 0.5) is 5.95 Å². The quantitative estimate of drug-likeness (QED) is 0.325. The van der Waals surface area contributed by atoms with Gasteiger partial charge in [0.15, 0.2) is 5.11 Å². The third-order valence-corrected chi connectivity index (χ3v) is 4.87. The largest absolute Gasteiger partial charge is 0.481 e. The monoisotopic (exact) mass is 434 g/mol. The molecule has 0 aliphatic heterocycles. The van der Waals surface area contributed by atoms with Crippen LogP contribution < -0.4 is 10.6 Å². The second-order valence-corrected chi connectivity index (χ2v) is 7.22. The van der Waals surface area contributed by atoms with E-state index in [1.807, 2.05) is 30.5 Å². The number of carbonyl (C=O) groups is 2. The van der Waals surface area contributed by atoms with Crippen molar-refractivity contribution in [3.63, 3.8) is 0 Å². The number of rotatable bonds is 8. The van der Waals surface area contributed by atoms with Crippen molar-refractivity contribution >= 4 is 47.0 Å². The van der Waals surface area contributed by atoms with Crippen molar-refractivity contribution in [1.29, 1.82) is 0 Å². The first-order valence-corrected chi connectivity index (χ1v) is 10.4. The number of aryl methyl sites for hydroxylation is 1. The van der Waals surface area contributed by atoms with Crippen molar-refractivity contribution in [3.05, 3.63) is 47.3 Å². The van der Waals surface area contributed by atoms with Gasteiger partial charge in [0.1, 0.15) is 0 Å². The first-order chi connectivity index (χ1) is 13.8. The van der Waals surface area contributed by atoms with E-state index >= 15 is 0 Å². The van der Waals surface area contributed by atoms with Crippen molar-refractivity contribution in [2.24, 2.45) is 0 Å². The highest BCUT2D eigenvalue weighted by Gasteiger charge is 2.18. The molecule has 0 unspecified atom stereocenters. The van der Waals surface area contributed by atoms with E-state index in [1.54, 1.807) is 25.6 Å². The van der Waals surface area contributed by atoms with Crippen molar-refractivity contribution in [2.45, 2.75) is 31.2 Å². The van der Waals surface area contributed by atoms with Crippen LogP contribution in [0.5, 0.6) is 0 Å². The number of carboxylic acid groups (broad SMARTS) is 1. The number of hydrogen-bond donors (Lipinski definition) is 3. The molecule has 8 nitrogen and oxygen atoms in total. The number of carbonyl (C=O) groups excluding carboxylic acids is 1. The third-order valence-electron chi connectivity index (χ3n) is 3.90. The maximum atomic E-state index is 11.8. The molecule has 1 aromatic heterocycles. The van der Waals surface area contributed by atoms with Crippen LogP contribution in [0.3, 0.4) is 0 Å². The minimum Gasteiger partial charge on any atom is -0.481 e. The number of carboxylic acids is 1. The van der Waals surface area contributed by atoms with Crippen LogP contribution in [-0.2, 0) is 9.53 Å². The number of esters is 1. The summed E-state index contributed by atoms with van der Waals surface area (Å²) in [6.07, 6.45) is 3.18. The Morgan fingerprint density at radius 3 is 2.55 bits per heavy atom. The Kier molecular flexibility index (Phi) is 8.34. The van der Waals surface area contributed by atoms with E-state index < -0.39 is 18.0 Å². The van der Waals surface area contributed by atoms with Crippen molar-refractivity contribution in [2.75, 3.05) is 18.2 Å². The topological polar surface area (TPSA) is 113 Å². The zero-order chi connectivity index (χ0) is 21.4. The molecular formula is C19H22N4O4S2. The number of benzene rings is 1. The van der Waals surface area contributed by atoms with Gasteiger partial charge < -0.3 is 20.5 Å². The Balaban J connectivity index is 2.10. The summed E-state index contributed by atoms with van der Waals surface area (Å²) in [7, 11) is 0. The molecule has 3 N–H and O–H groups in total. The number of hydrogen-bond acceptors (Lipinski definition) is 7. The van der Waals surface area contributed by atoms with E-state index in [0.717, 1.165) is 10.5 Å². The minimum atomic E-state index is -0.954. The molecule has 0 radical (unpaired) electrons. The number of nitrogens with zero attached hydrogens (tertiary/aromatic N) is 2. The normalized spacial score (nSPS) is 11.4. The molecule has 0 fully saturated rings. The van der Waals surface area contributed by atoms with E-state index in [1.165, 1.54) is 6.20 Å². The Bertz CT molecular complexity index is 890. The molecule has 2 rings (SSSR count). The van der Waals surface area contributed by atoms with Gasteiger partial charge in [0.2, 0.25) is 5.95 Å². The number of aliphatic carboxylic acids is 1. The van der Waals surface area contributed by atoms with Gasteiger partial charge in [-0.25, -0.2) is 14.8 Å². The number of anilines is 1. The fourth-order valence-electron chi connectivity index (χ4n) is 2.50. The van der Waals surface area contributed by atoms with Gasteiger partial charge in [-0.05, 0) is 50.0 Å². The van der Waals surface area contributed by atoms with E-state index in [4.69, 9.17) is 17.0 Å². The molecule has 154 valence electrons. The van der Waals surface area contributed by atoms with Crippen LogP contribution >= 0.6 is 24.0 Å². The van der Waals surface area contributed by atoms with Crippen LogP contribution in [-0.4, -0.2) is 45.0 Å². The predicted molar refractivity (Wildman–Crippen MR) is 115 cm³/mol. The first-order valence-electron chi connectivity index (χ1n) is 8.78. The molecule has 0 bridgehead atoms. The highest BCUT2D eigenvalue weighted by atomic mass is 32.2. The average molecular weight is 435 g/mol. The van der Waals surface area contributed by atoms with Gasteiger partial charge in [0, 0.05) is 11.1 Å². The number of thiocarbonyl (C=S) groups is 1. The summed E-state index contributed by atoms with van der Waals surface area (Å²) < 4.78 is 4.95. The van der Waals surface area contributed by atoms with Gasteiger partial charge in [0.05, 0.1) is 30.3 Å². The maximum absolute atomic E-state index is 11.8. The lowest BCUT2D eigenvalue weighted by molar-refractivity contribution is -0.137. The van der Waals surface area contributed by atoms with Crippen LogP contribution in [0.1, 0.15) is 41.0 Å². The second kappa shape index (κ2) is 10.7. The summed E-state index contributed by atoms with van der Waals surface area (Å²) in [4.78, 5) is 32.5. The molecule has 2 aromatic rings. The summed E-state index contributed by atoms with van der Waals surface area (Å²) in [5.74, 6) is -1.25. The highest BCUT2D eigenvalue weighted by Crippen LogP contribution is 2.21. The van der Waals surface area contributed by atoms with E-state index in [2.05, 4.69) is 20.6 Å². The van der Waals surface area contributed by atoms with E-state index in [0.29, 0.717) is 5.69 Å². The number of nitrogens with one attached hydrogen (secondary N) is 2. The Labute approximate surface area is 178 Å². The molecule has 1 heterocycles. The van der Waals surface area contributed by atoms with Crippen molar-refractivity contribution < 1.29 is 19.4 Å². The molecule has 0 saturated carbocycles. The van der Waals surface area contributed by atoms with Crippen molar-refractivity contribution in [3.8, 4) is 0 Å². The van der Waals surface area contributed by atoms with Gasteiger partial charge in [0.25, 0.3) is 0 Å². The maximum Gasteiger partial charge on any atom is 0.341 e. The van der Waals surface area contributed by atoms with Gasteiger partial charge in [-0.15, -0.1) is 11.8 Å². The molecule has 0 aliphatic carbocycles. The molecular weight excluding hydrogens is 412 g/mol. The first kappa shape index (κ1) is 22.6. The van der Waals surface area contributed by atoms with Crippen LogP contribution in [0.25, 0.3) is 0 Å². The molecule has 1 atom stereocenters. The molecule has 1 aromatic carbocycles. The van der Waals surface area contributed by atoms with Crippen LogP contribution in [0, 0.1) is 6.92 Å². The number of ether oxygens (including phenoxy) is 1. The molecule has 0 spiro atoms. The molecule has 0 aliphatic rings. The summed E-state index contributed by atoms with van der Waals surface area (Å²) >= 11 is 6.89. The zero-order valence-electron chi connectivity index (χ0n) is 16.3. The predicted octanol–water partition coefficient (Wildman–Crippen LogP) is 3.19. The van der Waals surface area contributed by atoms with Gasteiger partial charge in [-0.3, -0.25) is 4.79 Å². The fourth-order valence-corrected chi connectivity index (χ4v) is 3.14. The summed E-state index contributed by atoms with van der Waals surface area (Å²) in [6, 6.07) is 7.05. The molecule has 29 heavy (non-hydrogen) atoms. The van der Waals surface area contributed by atoms with Gasteiger partial charge >= 0.3 is 11.9 Å². The zero-order valence-corrected chi connectivity index (χ0v) is 17.9.